The molecule has 0 bridgehead atoms. The predicted octanol–water partition coefficient (Wildman–Crippen LogP) is 3.15. The summed E-state index contributed by atoms with van der Waals surface area (Å²) in [5.41, 5.74) is 0.0716. The SMILES string of the molecule is COc1cc(C(=O)OCC(=O)N[C@@H]2CCCC[C@@H]2C)ccc1OC(F)F. The van der Waals surface area contributed by atoms with Crippen molar-refractivity contribution in [3.63, 3.8) is 0 Å². The topological polar surface area (TPSA) is 73.9 Å². The summed E-state index contributed by atoms with van der Waals surface area (Å²) in [6.07, 6.45) is 4.22. The lowest BCUT2D eigenvalue weighted by atomic mass is 9.86. The number of esters is 1. The minimum absolute atomic E-state index is 0.0276. The molecular weight excluding hydrogens is 348 g/mol. The third-order valence-electron chi connectivity index (χ3n) is 4.41. The number of rotatable bonds is 7. The van der Waals surface area contributed by atoms with Gasteiger partial charge in [-0.25, -0.2) is 4.79 Å². The molecule has 6 nitrogen and oxygen atoms in total. The summed E-state index contributed by atoms with van der Waals surface area (Å²) in [4.78, 5) is 24.0. The molecule has 0 aromatic heterocycles. The van der Waals surface area contributed by atoms with Gasteiger partial charge in [-0.3, -0.25) is 4.79 Å². The average molecular weight is 371 g/mol. The zero-order valence-electron chi connectivity index (χ0n) is 14.8. The zero-order chi connectivity index (χ0) is 19.1. The highest BCUT2D eigenvalue weighted by Crippen LogP contribution is 2.29. The molecule has 8 heteroatoms. The summed E-state index contributed by atoms with van der Waals surface area (Å²) in [6.45, 7) is -1.32. The number of halogens is 2. The van der Waals surface area contributed by atoms with Crippen LogP contribution < -0.4 is 14.8 Å². The van der Waals surface area contributed by atoms with Crippen LogP contribution in [0.1, 0.15) is 43.0 Å². The molecule has 1 aromatic carbocycles. The third-order valence-corrected chi connectivity index (χ3v) is 4.41. The summed E-state index contributed by atoms with van der Waals surface area (Å²) in [7, 11) is 1.27. The molecular formula is C18H23F2NO5. The molecule has 1 fully saturated rings. The van der Waals surface area contributed by atoms with Crippen LogP contribution in [0.2, 0.25) is 0 Å². The summed E-state index contributed by atoms with van der Waals surface area (Å²) < 4.78 is 38.8. The van der Waals surface area contributed by atoms with Crippen LogP contribution in [0.3, 0.4) is 0 Å². The second-order valence-corrected chi connectivity index (χ2v) is 6.26. The summed E-state index contributed by atoms with van der Waals surface area (Å²) >= 11 is 0. The van der Waals surface area contributed by atoms with Crippen LogP contribution in [0.15, 0.2) is 18.2 Å². The molecule has 26 heavy (non-hydrogen) atoms. The normalized spacial score (nSPS) is 19.7. The lowest BCUT2D eigenvalue weighted by molar-refractivity contribution is -0.125. The Balaban J connectivity index is 1.89. The van der Waals surface area contributed by atoms with E-state index in [1.54, 1.807) is 0 Å². The maximum absolute atomic E-state index is 12.3. The van der Waals surface area contributed by atoms with Gasteiger partial charge in [0.1, 0.15) is 0 Å². The van der Waals surface area contributed by atoms with Crippen molar-refractivity contribution in [3.8, 4) is 11.5 Å². The number of amides is 1. The van der Waals surface area contributed by atoms with Gasteiger partial charge in [-0.05, 0) is 37.0 Å². The van der Waals surface area contributed by atoms with Gasteiger partial charge in [0.25, 0.3) is 5.91 Å². The Morgan fingerprint density at radius 1 is 1.23 bits per heavy atom. The van der Waals surface area contributed by atoms with Crippen molar-refractivity contribution < 1.29 is 32.6 Å². The minimum Gasteiger partial charge on any atom is -0.493 e. The lowest BCUT2D eigenvalue weighted by Gasteiger charge is -2.29. The van der Waals surface area contributed by atoms with Crippen LogP contribution in [0.25, 0.3) is 0 Å². The number of ether oxygens (including phenoxy) is 3. The highest BCUT2D eigenvalue weighted by atomic mass is 19.3. The van der Waals surface area contributed by atoms with E-state index >= 15 is 0 Å². The van der Waals surface area contributed by atoms with Crippen LogP contribution in [-0.4, -0.2) is 38.2 Å². The molecule has 1 N–H and O–H groups in total. The number of hydrogen-bond donors (Lipinski definition) is 1. The van der Waals surface area contributed by atoms with E-state index in [1.807, 2.05) is 0 Å². The van der Waals surface area contributed by atoms with E-state index in [9.17, 15) is 18.4 Å². The maximum atomic E-state index is 12.3. The molecule has 1 saturated carbocycles. The molecule has 2 rings (SSSR count). The Morgan fingerprint density at radius 2 is 1.96 bits per heavy atom. The number of carbonyl (C=O) groups is 2. The van der Waals surface area contributed by atoms with E-state index < -0.39 is 19.2 Å². The molecule has 144 valence electrons. The molecule has 0 radical (unpaired) electrons. The van der Waals surface area contributed by atoms with Crippen LogP contribution >= 0.6 is 0 Å². The molecule has 1 aliphatic rings. The second kappa shape index (κ2) is 9.35. The van der Waals surface area contributed by atoms with Gasteiger partial charge in [0.2, 0.25) is 0 Å². The summed E-state index contributed by atoms with van der Waals surface area (Å²) in [5.74, 6) is -0.932. The number of nitrogens with one attached hydrogen (secondary N) is 1. The number of carbonyl (C=O) groups excluding carboxylic acids is 2. The van der Waals surface area contributed by atoms with Crippen LogP contribution in [-0.2, 0) is 9.53 Å². The van der Waals surface area contributed by atoms with E-state index in [0.717, 1.165) is 25.7 Å². The van der Waals surface area contributed by atoms with Gasteiger partial charge in [-0.15, -0.1) is 0 Å². The summed E-state index contributed by atoms with van der Waals surface area (Å²) in [6, 6.07) is 3.77. The van der Waals surface area contributed by atoms with Gasteiger partial charge < -0.3 is 19.5 Å². The van der Waals surface area contributed by atoms with Gasteiger partial charge in [-0.2, -0.15) is 8.78 Å². The Hall–Kier alpha value is -2.38. The highest BCUT2D eigenvalue weighted by Gasteiger charge is 2.23. The Labute approximate surface area is 150 Å². The fraction of sp³-hybridized carbons (Fsp3) is 0.556. The molecule has 1 amide bonds. The molecule has 0 aliphatic heterocycles. The van der Waals surface area contributed by atoms with Crippen LogP contribution in [0.4, 0.5) is 8.78 Å². The van der Waals surface area contributed by atoms with Gasteiger partial charge in [-0.1, -0.05) is 19.8 Å². The number of methoxy groups -OCH3 is 1. The number of benzene rings is 1. The van der Waals surface area contributed by atoms with Crippen molar-refractivity contribution >= 4 is 11.9 Å². The maximum Gasteiger partial charge on any atom is 0.387 e. The fourth-order valence-electron chi connectivity index (χ4n) is 2.98. The standard InChI is InChI=1S/C18H23F2NO5/c1-11-5-3-4-6-13(11)21-16(22)10-25-17(23)12-7-8-14(26-18(19)20)15(9-12)24-2/h7-9,11,13,18H,3-6,10H2,1-2H3,(H,21,22)/t11-,13+/m0/s1. The van der Waals surface area contributed by atoms with E-state index in [4.69, 9.17) is 9.47 Å². The van der Waals surface area contributed by atoms with E-state index in [-0.39, 0.29) is 29.0 Å². The van der Waals surface area contributed by atoms with Gasteiger partial charge in [0, 0.05) is 6.04 Å². The number of hydrogen-bond acceptors (Lipinski definition) is 5. The molecule has 0 heterocycles. The molecule has 0 unspecified atom stereocenters. The molecule has 0 spiro atoms. The number of alkyl halides is 2. The summed E-state index contributed by atoms with van der Waals surface area (Å²) in [5, 5.41) is 2.88. The van der Waals surface area contributed by atoms with E-state index in [1.165, 1.54) is 25.3 Å². The Bertz CT molecular complexity index is 638. The van der Waals surface area contributed by atoms with Crippen molar-refractivity contribution in [2.45, 2.75) is 45.3 Å². The van der Waals surface area contributed by atoms with Crippen molar-refractivity contribution in [1.82, 2.24) is 5.32 Å². The highest BCUT2D eigenvalue weighted by molar-refractivity contribution is 5.92. The van der Waals surface area contributed by atoms with Crippen molar-refractivity contribution in [2.24, 2.45) is 5.92 Å². The lowest BCUT2D eigenvalue weighted by Crippen LogP contribution is -2.42. The third kappa shape index (κ3) is 5.57. The Kier molecular flexibility index (Phi) is 7.17. The van der Waals surface area contributed by atoms with Gasteiger partial charge >= 0.3 is 12.6 Å². The first-order valence-corrected chi connectivity index (χ1v) is 8.50. The van der Waals surface area contributed by atoms with E-state index in [2.05, 4.69) is 17.0 Å². The van der Waals surface area contributed by atoms with Gasteiger partial charge in [0.15, 0.2) is 18.1 Å². The average Bonchev–Trinajstić information content (AvgIpc) is 2.61. The molecule has 1 aliphatic carbocycles. The largest absolute Gasteiger partial charge is 0.493 e. The molecule has 0 saturated heterocycles. The Morgan fingerprint density at radius 3 is 2.62 bits per heavy atom. The first-order chi connectivity index (χ1) is 12.4. The minimum atomic E-state index is -3.01. The fourth-order valence-corrected chi connectivity index (χ4v) is 2.98. The molecule has 2 atom stereocenters. The quantitative estimate of drug-likeness (QED) is 0.746. The monoisotopic (exact) mass is 371 g/mol. The smallest absolute Gasteiger partial charge is 0.387 e. The van der Waals surface area contributed by atoms with Crippen molar-refractivity contribution in [1.29, 1.82) is 0 Å². The zero-order valence-corrected chi connectivity index (χ0v) is 14.8. The van der Waals surface area contributed by atoms with Crippen LogP contribution in [0, 0.1) is 5.92 Å². The molecule has 1 aromatic rings. The van der Waals surface area contributed by atoms with Crippen LogP contribution in [0.5, 0.6) is 11.5 Å². The predicted molar refractivity (Wildman–Crippen MR) is 89.5 cm³/mol. The van der Waals surface area contributed by atoms with Crippen molar-refractivity contribution in [3.05, 3.63) is 23.8 Å². The van der Waals surface area contributed by atoms with Gasteiger partial charge in [0.05, 0.1) is 12.7 Å². The second-order valence-electron chi connectivity index (χ2n) is 6.26. The first-order valence-electron chi connectivity index (χ1n) is 8.50. The van der Waals surface area contributed by atoms with E-state index in [0.29, 0.717) is 5.92 Å². The van der Waals surface area contributed by atoms with Crippen molar-refractivity contribution in [2.75, 3.05) is 13.7 Å². The first kappa shape index (κ1) is 19.9.